The van der Waals surface area contributed by atoms with E-state index in [9.17, 15) is 5.26 Å². The summed E-state index contributed by atoms with van der Waals surface area (Å²) in [4.78, 5) is 0. The average Bonchev–Trinajstić information content (AvgIpc) is 2.47. The van der Waals surface area contributed by atoms with Crippen molar-refractivity contribution < 1.29 is 4.74 Å². The predicted octanol–water partition coefficient (Wildman–Crippen LogP) is 1.13. The molecule has 2 rings (SSSR count). The first-order valence-electron chi connectivity index (χ1n) is 6.68. The summed E-state index contributed by atoms with van der Waals surface area (Å²) >= 11 is 0. The van der Waals surface area contributed by atoms with E-state index < -0.39 is 0 Å². The molecule has 0 saturated carbocycles. The molecule has 0 bridgehead atoms. The van der Waals surface area contributed by atoms with Crippen molar-refractivity contribution in [3.63, 3.8) is 0 Å². The summed E-state index contributed by atoms with van der Waals surface area (Å²) in [6.45, 7) is 7.01. The van der Waals surface area contributed by atoms with Crippen molar-refractivity contribution in [1.82, 2.24) is 15.2 Å². The molecule has 0 unspecified atom stereocenters. The fraction of sp³-hybridized carbons (Fsp3) is 0.615. The Morgan fingerprint density at radius 1 is 1.26 bits per heavy atom. The maximum atomic E-state index is 9.38. The summed E-state index contributed by atoms with van der Waals surface area (Å²) in [6, 6.07) is 2.26. The number of hydrogen-bond donors (Lipinski definition) is 1. The molecular weight excluding hydrogens is 242 g/mol. The summed E-state index contributed by atoms with van der Waals surface area (Å²) in [7, 11) is 0. The molecule has 1 fully saturated rings. The zero-order chi connectivity index (χ0) is 13.7. The van der Waals surface area contributed by atoms with Crippen molar-refractivity contribution in [3.8, 4) is 6.07 Å². The molecule has 1 aliphatic heterocycles. The van der Waals surface area contributed by atoms with Crippen LogP contribution in [0.4, 0.5) is 5.82 Å². The van der Waals surface area contributed by atoms with Crippen molar-refractivity contribution in [2.24, 2.45) is 0 Å². The normalized spacial score (nSPS) is 16.1. The molecule has 2 heterocycles. The first-order chi connectivity index (χ1) is 9.30. The SMILES string of the molecule is CCc1nnc(NN2CCOCC2)c(C#N)c1CC. The Labute approximate surface area is 113 Å². The van der Waals surface area contributed by atoms with Gasteiger partial charge in [0.05, 0.1) is 18.9 Å². The summed E-state index contributed by atoms with van der Waals surface area (Å²) in [5.41, 5.74) is 5.70. The van der Waals surface area contributed by atoms with Gasteiger partial charge in [-0.25, -0.2) is 5.01 Å². The summed E-state index contributed by atoms with van der Waals surface area (Å²) in [6.07, 6.45) is 1.59. The van der Waals surface area contributed by atoms with Gasteiger partial charge in [0.25, 0.3) is 0 Å². The number of anilines is 1. The Kier molecular flexibility index (Phi) is 4.66. The molecule has 0 spiro atoms. The zero-order valence-electron chi connectivity index (χ0n) is 11.4. The molecule has 1 saturated heterocycles. The lowest BCUT2D eigenvalue weighted by Crippen LogP contribution is -2.40. The lowest BCUT2D eigenvalue weighted by molar-refractivity contribution is 0.0494. The number of hydrazine groups is 1. The number of aromatic nitrogens is 2. The van der Waals surface area contributed by atoms with Crippen molar-refractivity contribution >= 4 is 5.82 Å². The lowest BCUT2D eigenvalue weighted by Gasteiger charge is -2.27. The van der Waals surface area contributed by atoms with Gasteiger partial charge in [-0.1, -0.05) is 13.8 Å². The van der Waals surface area contributed by atoms with Gasteiger partial charge in [0.2, 0.25) is 0 Å². The van der Waals surface area contributed by atoms with Crippen molar-refractivity contribution in [1.29, 1.82) is 5.26 Å². The van der Waals surface area contributed by atoms with Crippen molar-refractivity contribution in [2.75, 3.05) is 31.7 Å². The second-order valence-electron chi connectivity index (χ2n) is 4.38. The third kappa shape index (κ3) is 3.00. The van der Waals surface area contributed by atoms with Gasteiger partial charge in [-0.05, 0) is 18.4 Å². The zero-order valence-corrected chi connectivity index (χ0v) is 11.4. The minimum absolute atomic E-state index is 0.554. The van der Waals surface area contributed by atoms with Gasteiger partial charge in [-0.2, -0.15) is 10.4 Å². The van der Waals surface area contributed by atoms with E-state index >= 15 is 0 Å². The highest BCUT2D eigenvalue weighted by Gasteiger charge is 2.17. The number of nitriles is 1. The van der Waals surface area contributed by atoms with Gasteiger partial charge in [-0.3, -0.25) is 0 Å². The van der Waals surface area contributed by atoms with Crippen molar-refractivity contribution in [2.45, 2.75) is 26.7 Å². The van der Waals surface area contributed by atoms with E-state index in [1.165, 1.54) is 0 Å². The molecule has 1 aromatic rings. The molecule has 0 aromatic carbocycles. The average molecular weight is 261 g/mol. The second-order valence-corrected chi connectivity index (χ2v) is 4.38. The third-order valence-corrected chi connectivity index (χ3v) is 3.23. The number of aryl methyl sites for hydroxylation is 1. The summed E-state index contributed by atoms with van der Waals surface area (Å²) in [5, 5.41) is 19.8. The number of morpholine rings is 1. The highest BCUT2D eigenvalue weighted by molar-refractivity contribution is 5.56. The Morgan fingerprint density at radius 2 is 2.00 bits per heavy atom. The predicted molar refractivity (Wildman–Crippen MR) is 71.5 cm³/mol. The van der Waals surface area contributed by atoms with Crippen LogP contribution < -0.4 is 5.43 Å². The number of ether oxygens (including phenoxy) is 1. The van der Waals surface area contributed by atoms with Gasteiger partial charge in [0.1, 0.15) is 11.6 Å². The largest absolute Gasteiger partial charge is 0.379 e. The molecule has 0 atom stereocenters. The smallest absolute Gasteiger partial charge is 0.181 e. The van der Waals surface area contributed by atoms with E-state index in [1.807, 2.05) is 18.9 Å². The van der Waals surface area contributed by atoms with Crippen LogP contribution in [0.3, 0.4) is 0 Å². The Balaban J connectivity index is 2.27. The Hall–Kier alpha value is -1.71. The standard InChI is InChI=1S/C13H19N5O/c1-3-10-11(9-14)13(16-15-12(10)4-2)17-18-5-7-19-8-6-18/h3-8H2,1-2H3,(H,16,17). The monoisotopic (exact) mass is 261 g/mol. The molecule has 1 aromatic heterocycles. The number of rotatable bonds is 4. The molecule has 19 heavy (non-hydrogen) atoms. The van der Waals surface area contributed by atoms with Crippen LogP contribution in [0.2, 0.25) is 0 Å². The van der Waals surface area contributed by atoms with Gasteiger partial charge in [-0.15, -0.1) is 5.10 Å². The lowest BCUT2D eigenvalue weighted by atomic mass is 10.0. The summed E-state index contributed by atoms with van der Waals surface area (Å²) in [5.74, 6) is 0.554. The molecule has 6 nitrogen and oxygen atoms in total. The summed E-state index contributed by atoms with van der Waals surface area (Å²) < 4.78 is 5.29. The topological polar surface area (TPSA) is 74.1 Å². The molecule has 1 N–H and O–H groups in total. The Morgan fingerprint density at radius 3 is 2.58 bits per heavy atom. The highest BCUT2D eigenvalue weighted by atomic mass is 16.5. The fourth-order valence-electron chi connectivity index (χ4n) is 2.20. The maximum absolute atomic E-state index is 9.38. The van der Waals surface area contributed by atoms with Gasteiger partial charge < -0.3 is 10.2 Å². The van der Waals surface area contributed by atoms with E-state index in [1.54, 1.807) is 0 Å². The number of nitrogens with one attached hydrogen (secondary N) is 1. The van der Waals surface area contributed by atoms with Crippen LogP contribution in [0.1, 0.15) is 30.7 Å². The molecule has 6 heteroatoms. The number of hydrogen-bond acceptors (Lipinski definition) is 6. The van der Waals surface area contributed by atoms with E-state index in [2.05, 4.69) is 21.7 Å². The molecule has 0 radical (unpaired) electrons. The van der Waals surface area contributed by atoms with E-state index in [0.29, 0.717) is 24.6 Å². The molecule has 0 amide bonds. The van der Waals surface area contributed by atoms with Crippen LogP contribution in [-0.4, -0.2) is 41.5 Å². The first kappa shape index (κ1) is 13.7. The van der Waals surface area contributed by atoms with E-state index in [0.717, 1.165) is 37.2 Å². The first-order valence-corrected chi connectivity index (χ1v) is 6.68. The Bertz CT molecular complexity index is 477. The quantitative estimate of drug-likeness (QED) is 0.876. The van der Waals surface area contributed by atoms with Crippen LogP contribution >= 0.6 is 0 Å². The maximum Gasteiger partial charge on any atom is 0.181 e. The fourth-order valence-corrected chi connectivity index (χ4v) is 2.20. The van der Waals surface area contributed by atoms with Crippen LogP contribution in [0.15, 0.2) is 0 Å². The van der Waals surface area contributed by atoms with Gasteiger partial charge in [0, 0.05) is 13.1 Å². The minimum atomic E-state index is 0.554. The van der Waals surface area contributed by atoms with Crippen molar-refractivity contribution in [3.05, 3.63) is 16.8 Å². The molecular formula is C13H19N5O. The van der Waals surface area contributed by atoms with Gasteiger partial charge in [0.15, 0.2) is 5.82 Å². The highest BCUT2D eigenvalue weighted by Crippen LogP contribution is 2.20. The molecule has 0 aliphatic carbocycles. The number of nitrogens with zero attached hydrogens (tertiary/aromatic N) is 4. The van der Waals surface area contributed by atoms with E-state index in [4.69, 9.17) is 4.74 Å². The second kappa shape index (κ2) is 6.45. The minimum Gasteiger partial charge on any atom is -0.379 e. The van der Waals surface area contributed by atoms with Gasteiger partial charge >= 0.3 is 0 Å². The van der Waals surface area contributed by atoms with Crippen LogP contribution in [0.5, 0.6) is 0 Å². The van der Waals surface area contributed by atoms with E-state index in [-0.39, 0.29) is 0 Å². The molecule has 1 aliphatic rings. The van der Waals surface area contributed by atoms with Crippen LogP contribution in [0.25, 0.3) is 0 Å². The third-order valence-electron chi connectivity index (χ3n) is 3.23. The molecule has 102 valence electrons. The van der Waals surface area contributed by atoms with Crippen LogP contribution in [-0.2, 0) is 17.6 Å². The van der Waals surface area contributed by atoms with Crippen LogP contribution in [0, 0.1) is 11.3 Å².